The standard InChI is InChI=1S/C33H37FN4O4/c1-33(2)12-11-23(27(18-33)21-3-6-25(34)7-4-21)19-36-13-15-37(16-14-36)31(41)22-5-8-26-24(17-22)20-38(32(26)42)28-9-10-29(39)35-30(28)40/h3-8,17,28H,9-16,18-20H2,1-2H3,(H,35,39,40). The van der Waals surface area contributed by atoms with E-state index in [1.807, 2.05) is 17.0 Å². The smallest absolute Gasteiger partial charge is 0.255 e. The number of imide groups is 1. The van der Waals surface area contributed by atoms with Crippen LogP contribution in [0.2, 0.25) is 0 Å². The molecule has 42 heavy (non-hydrogen) atoms. The van der Waals surface area contributed by atoms with Gasteiger partial charge in [0.15, 0.2) is 0 Å². The number of piperazine rings is 1. The number of piperidine rings is 1. The predicted molar refractivity (Wildman–Crippen MR) is 156 cm³/mol. The van der Waals surface area contributed by atoms with Gasteiger partial charge in [-0.1, -0.05) is 31.6 Å². The second-order valence-corrected chi connectivity index (χ2v) is 12.8. The molecule has 2 aromatic rings. The van der Waals surface area contributed by atoms with Crippen LogP contribution >= 0.6 is 0 Å². The molecule has 3 aliphatic heterocycles. The third-order valence-corrected chi connectivity index (χ3v) is 9.22. The van der Waals surface area contributed by atoms with E-state index in [2.05, 4.69) is 24.1 Å². The van der Waals surface area contributed by atoms with E-state index in [1.54, 1.807) is 18.2 Å². The lowest BCUT2D eigenvalue weighted by atomic mass is 9.72. The third-order valence-electron chi connectivity index (χ3n) is 9.22. The number of hydrogen-bond acceptors (Lipinski definition) is 5. The fourth-order valence-electron chi connectivity index (χ4n) is 6.73. The number of nitrogens with zero attached hydrogens (tertiary/aromatic N) is 3. The van der Waals surface area contributed by atoms with Crippen molar-refractivity contribution in [1.82, 2.24) is 20.0 Å². The molecule has 6 rings (SSSR count). The topological polar surface area (TPSA) is 90.0 Å². The van der Waals surface area contributed by atoms with Crippen LogP contribution in [0.5, 0.6) is 0 Å². The molecule has 4 amide bonds. The zero-order valence-corrected chi connectivity index (χ0v) is 24.2. The molecule has 9 heteroatoms. The molecule has 1 atom stereocenters. The first-order valence-electron chi connectivity index (χ1n) is 14.8. The normalized spacial score (nSPS) is 22.8. The highest BCUT2D eigenvalue weighted by atomic mass is 19.1. The Balaban J connectivity index is 1.10. The first kappa shape index (κ1) is 28.3. The number of hydrogen-bond donors (Lipinski definition) is 1. The highest BCUT2D eigenvalue weighted by Crippen LogP contribution is 2.43. The van der Waals surface area contributed by atoms with Gasteiger partial charge in [-0.3, -0.25) is 29.4 Å². The van der Waals surface area contributed by atoms with Gasteiger partial charge in [-0.25, -0.2) is 4.39 Å². The third kappa shape index (κ3) is 5.62. The molecule has 1 N–H and O–H groups in total. The Bertz CT molecular complexity index is 1470. The van der Waals surface area contributed by atoms with Gasteiger partial charge in [-0.2, -0.15) is 0 Å². The summed E-state index contributed by atoms with van der Waals surface area (Å²) in [6.07, 6.45) is 3.61. The van der Waals surface area contributed by atoms with E-state index in [1.165, 1.54) is 28.2 Å². The molecule has 1 unspecified atom stereocenters. The van der Waals surface area contributed by atoms with E-state index in [-0.39, 0.29) is 41.9 Å². The molecular weight excluding hydrogens is 535 g/mol. The zero-order chi connectivity index (χ0) is 29.6. The van der Waals surface area contributed by atoms with Crippen LogP contribution in [-0.4, -0.2) is 77.1 Å². The van der Waals surface area contributed by atoms with Crippen molar-refractivity contribution in [2.45, 2.75) is 58.5 Å². The molecule has 0 radical (unpaired) electrons. The van der Waals surface area contributed by atoms with Crippen molar-refractivity contribution in [3.8, 4) is 0 Å². The summed E-state index contributed by atoms with van der Waals surface area (Å²) in [5.74, 6) is -1.29. The van der Waals surface area contributed by atoms with Gasteiger partial charge < -0.3 is 9.80 Å². The highest BCUT2D eigenvalue weighted by molar-refractivity contribution is 6.06. The molecule has 0 saturated carbocycles. The number of carbonyl (C=O) groups is 4. The van der Waals surface area contributed by atoms with E-state index >= 15 is 0 Å². The van der Waals surface area contributed by atoms with Gasteiger partial charge in [-0.05, 0) is 78.1 Å². The van der Waals surface area contributed by atoms with Crippen molar-refractivity contribution >= 4 is 29.2 Å². The van der Waals surface area contributed by atoms with E-state index < -0.39 is 11.9 Å². The molecule has 2 fully saturated rings. The van der Waals surface area contributed by atoms with Crippen LogP contribution in [0.15, 0.2) is 48.0 Å². The molecular formula is C33H37FN4O4. The summed E-state index contributed by atoms with van der Waals surface area (Å²) in [7, 11) is 0. The Morgan fingerprint density at radius 3 is 2.45 bits per heavy atom. The lowest BCUT2D eigenvalue weighted by Crippen LogP contribution is -2.52. The molecule has 0 bridgehead atoms. The monoisotopic (exact) mass is 572 g/mol. The number of fused-ring (bicyclic) bond motifs is 1. The molecule has 0 aromatic heterocycles. The van der Waals surface area contributed by atoms with Crippen LogP contribution in [0, 0.1) is 11.2 Å². The Morgan fingerprint density at radius 2 is 1.74 bits per heavy atom. The number of nitrogens with one attached hydrogen (secondary N) is 1. The quantitative estimate of drug-likeness (QED) is 0.547. The lowest BCUT2D eigenvalue weighted by molar-refractivity contribution is -0.136. The van der Waals surface area contributed by atoms with Gasteiger partial charge in [0, 0.05) is 56.8 Å². The Hall–Kier alpha value is -3.85. The summed E-state index contributed by atoms with van der Waals surface area (Å²) in [5, 5.41) is 2.32. The van der Waals surface area contributed by atoms with E-state index in [0.29, 0.717) is 30.6 Å². The Morgan fingerprint density at radius 1 is 1.00 bits per heavy atom. The summed E-state index contributed by atoms with van der Waals surface area (Å²) in [6.45, 7) is 8.44. The van der Waals surface area contributed by atoms with Crippen molar-refractivity contribution < 1.29 is 23.6 Å². The lowest BCUT2D eigenvalue weighted by Gasteiger charge is -2.38. The summed E-state index contributed by atoms with van der Waals surface area (Å²) >= 11 is 0. The molecule has 2 aromatic carbocycles. The first-order chi connectivity index (χ1) is 20.1. The molecule has 2 saturated heterocycles. The van der Waals surface area contributed by atoms with Crippen LogP contribution in [-0.2, 0) is 16.1 Å². The average Bonchev–Trinajstić information content (AvgIpc) is 3.29. The summed E-state index contributed by atoms with van der Waals surface area (Å²) in [6, 6.07) is 11.3. The number of allylic oxidation sites excluding steroid dienone is 1. The van der Waals surface area contributed by atoms with Gasteiger partial charge >= 0.3 is 0 Å². The number of rotatable bonds is 5. The van der Waals surface area contributed by atoms with Crippen LogP contribution in [0.3, 0.4) is 0 Å². The molecule has 220 valence electrons. The maximum atomic E-state index is 13.6. The van der Waals surface area contributed by atoms with E-state index in [9.17, 15) is 23.6 Å². The van der Waals surface area contributed by atoms with Crippen molar-refractivity contribution in [1.29, 1.82) is 0 Å². The Labute approximate surface area is 245 Å². The number of carbonyl (C=O) groups excluding carboxylic acids is 4. The van der Waals surface area contributed by atoms with Gasteiger partial charge in [0.05, 0.1) is 0 Å². The van der Waals surface area contributed by atoms with Gasteiger partial charge in [0.25, 0.3) is 11.8 Å². The minimum absolute atomic E-state index is 0.0602. The average molecular weight is 573 g/mol. The Kier molecular flexibility index (Phi) is 7.47. The van der Waals surface area contributed by atoms with Crippen LogP contribution < -0.4 is 5.32 Å². The maximum absolute atomic E-state index is 13.6. The molecule has 1 aliphatic carbocycles. The second kappa shape index (κ2) is 11.1. The van der Waals surface area contributed by atoms with Crippen LogP contribution in [0.4, 0.5) is 4.39 Å². The van der Waals surface area contributed by atoms with Crippen LogP contribution in [0.1, 0.15) is 77.8 Å². The molecule has 4 aliphatic rings. The van der Waals surface area contributed by atoms with Gasteiger partial charge in [-0.15, -0.1) is 0 Å². The minimum atomic E-state index is -0.677. The predicted octanol–water partition coefficient (Wildman–Crippen LogP) is 4.01. The SMILES string of the molecule is CC1(C)CCC(CN2CCN(C(=O)c3ccc4c(c3)CN(C3CCC(=O)NC3=O)C4=O)CC2)=C(c2ccc(F)cc2)C1. The van der Waals surface area contributed by atoms with Crippen molar-refractivity contribution in [3.05, 3.63) is 76.1 Å². The molecule has 0 spiro atoms. The zero-order valence-electron chi connectivity index (χ0n) is 24.2. The van der Waals surface area contributed by atoms with Crippen LogP contribution in [0.25, 0.3) is 5.57 Å². The van der Waals surface area contributed by atoms with E-state index in [0.717, 1.165) is 50.0 Å². The van der Waals surface area contributed by atoms with Crippen molar-refractivity contribution in [2.75, 3.05) is 32.7 Å². The summed E-state index contributed by atoms with van der Waals surface area (Å²) in [5.41, 5.74) is 5.80. The molecule has 3 heterocycles. The van der Waals surface area contributed by atoms with E-state index in [4.69, 9.17) is 0 Å². The highest BCUT2D eigenvalue weighted by Gasteiger charge is 2.39. The number of benzene rings is 2. The summed E-state index contributed by atoms with van der Waals surface area (Å²) in [4.78, 5) is 56.1. The largest absolute Gasteiger partial charge is 0.336 e. The second-order valence-electron chi connectivity index (χ2n) is 12.8. The number of amides is 4. The van der Waals surface area contributed by atoms with Crippen molar-refractivity contribution in [3.63, 3.8) is 0 Å². The fraction of sp³-hybridized carbons (Fsp3) is 0.455. The number of halogens is 1. The molecule has 8 nitrogen and oxygen atoms in total. The van der Waals surface area contributed by atoms with Gasteiger partial charge in [0.1, 0.15) is 11.9 Å². The fourth-order valence-corrected chi connectivity index (χ4v) is 6.73. The van der Waals surface area contributed by atoms with Gasteiger partial charge in [0.2, 0.25) is 11.8 Å². The first-order valence-corrected chi connectivity index (χ1v) is 14.8. The van der Waals surface area contributed by atoms with Crippen molar-refractivity contribution in [2.24, 2.45) is 5.41 Å². The maximum Gasteiger partial charge on any atom is 0.255 e. The minimum Gasteiger partial charge on any atom is -0.336 e. The summed E-state index contributed by atoms with van der Waals surface area (Å²) < 4.78 is 13.6.